The van der Waals surface area contributed by atoms with E-state index in [0.717, 1.165) is 30.5 Å². The summed E-state index contributed by atoms with van der Waals surface area (Å²) in [5, 5.41) is 9.90. The maximum absolute atomic E-state index is 13.4. The fourth-order valence-corrected chi connectivity index (χ4v) is 5.30. The second kappa shape index (κ2) is 7.83. The largest absolute Gasteiger partial charge is 0.451 e. The van der Waals surface area contributed by atoms with Crippen molar-refractivity contribution in [3.05, 3.63) is 70.8 Å². The fourth-order valence-electron chi connectivity index (χ4n) is 5.30. The average molecular weight is 473 g/mol. The zero-order chi connectivity index (χ0) is 24.3. The minimum atomic E-state index is -4.82. The number of nitrogens with zero attached hydrogens (tertiary/aromatic N) is 1. The van der Waals surface area contributed by atoms with Gasteiger partial charge in [-0.25, -0.2) is 4.79 Å². The van der Waals surface area contributed by atoms with Crippen LogP contribution in [0.25, 0.3) is 0 Å². The molecule has 34 heavy (non-hydrogen) atoms. The van der Waals surface area contributed by atoms with Crippen molar-refractivity contribution in [1.82, 2.24) is 4.90 Å². The third kappa shape index (κ3) is 3.68. The first-order valence-corrected chi connectivity index (χ1v) is 11.6. The van der Waals surface area contributed by atoms with Gasteiger partial charge in [-0.15, -0.1) is 0 Å². The molecule has 0 bridgehead atoms. The lowest BCUT2D eigenvalue weighted by Gasteiger charge is -2.41. The standard InChI is InChI=1S/C26H26F3NO4/c1-24(33,26(27,28)29)17-8-6-16(7-9-17)22(31)30(18-10-11-18)19-12-14-25(15-13-19)21-5-3-2-4-20(21)23(32)34-25/h2-9,18-19,33H,10-15H2,1H3/t19-,24-,25-/m0/s1. The molecule has 8 heteroatoms. The van der Waals surface area contributed by atoms with Crippen molar-refractivity contribution >= 4 is 11.9 Å². The minimum Gasteiger partial charge on any atom is -0.451 e. The topological polar surface area (TPSA) is 66.8 Å². The summed E-state index contributed by atoms with van der Waals surface area (Å²) in [6.45, 7) is 0.701. The van der Waals surface area contributed by atoms with E-state index in [1.165, 1.54) is 12.1 Å². The molecular formula is C26H26F3NO4. The number of ether oxygens (including phenoxy) is 1. The summed E-state index contributed by atoms with van der Waals surface area (Å²) in [7, 11) is 0. The van der Waals surface area contributed by atoms with Crippen LogP contribution in [-0.4, -0.2) is 40.1 Å². The molecule has 1 N–H and O–H groups in total. The number of fused-ring (bicyclic) bond motifs is 2. The van der Waals surface area contributed by atoms with Gasteiger partial charge in [-0.3, -0.25) is 4.79 Å². The number of carbonyl (C=O) groups excluding carboxylic acids is 2. The van der Waals surface area contributed by atoms with Crippen LogP contribution in [0.15, 0.2) is 48.5 Å². The number of esters is 1. The van der Waals surface area contributed by atoms with E-state index in [0.29, 0.717) is 43.7 Å². The van der Waals surface area contributed by atoms with Gasteiger partial charge in [0.05, 0.1) is 5.56 Å². The summed E-state index contributed by atoms with van der Waals surface area (Å²) in [6.07, 6.45) is -0.457. The predicted octanol–water partition coefficient (Wildman–Crippen LogP) is 5.07. The lowest BCUT2D eigenvalue weighted by Crippen LogP contribution is -2.46. The SMILES string of the molecule is C[C@](O)(c1ccc(C(=O)N(C2CC2)[C@H]2CC[C@@]3(CC2)OC(=O)c2ccccc23)cc1)C(F)(F)F. The predicted molar refractivity (Wildman–Crippen MR) is 117 cm³/mol. The number of hydrogen-bond acceptors (Lipinski definition) is 4. The lowest BCUT2D eigenvalue weighted by atomic mass is 9.77. The molecule has 0 aromatic heterocycles. The Bertz CT molecular complexity index is 1110. The van der Waals surface area contributed by atoms with E-state index in [2.05, 4.69) is 0 Å². The van der Waals surface area contributed by atoms with Gasteiger partial charge < -0.3 is 14.7 Å². The van der Waals surface area contributed by atoms with Crippen LogP contribution >= 0.6 is 0 Å². The molecule has 2 fully saturated rings. The number of carbonyl (C=O) groups is 2. The number of benzene rings is 2. The highest BCUT2D eigenvalue weighted by atomic mass is 19.4. The number of hydrogen-bond donors (Lipinski definition) is 1. The van der Waals surface area contributed by atoms with Crippen LogP contribution in [-0.2, 0) is 15.9 Å². The summed E-state index contributed by atoms with van der Waals surface area (Å²) in [5.41, 5.74) is -2.13. The molecule has 1 aliphatic heterocycles. The van der Waals surface area contributed by atoms with Crippen LogP contribution in [0.4, 0.5) is 13.2 Å². The molecule has 0 saturated heterocycles. The molecule has 2 aromatic rings. The zero-order valence-electron chi connectivity index (χ0n) is 18.8. The Hall–Kier alpha value is -2.87. The lowest BCUT2D eigenvalue weighted by molar-refractivity contribution is -0.258. The summed E-state index contributed by atoms with van der Waals surface area (Å²) in [5.74, 6) is -0.524. The van der Waals surface area contributed by atoms with Crippen molar-refractivity contribution in [3.63, 3.8) is 0 Å². The normalized spacial score (nSPS) is 26.0. The van der Waals surface area contributed by atoms with Crippen molar-refractivity contribution in [2.75, 3.05) is 0 Å². The third-order valence-corrected chi connectivity index (χ3v) is 7.50. The van der Waals surface area contributed by atoms with Gasteiger partial charge in [0.1, 0.15) is 5.60 Å². The molecule has 1 amide bonds. The Morgan fingerprint density at radius 1 is 1.00 bits per heavy atom. The molecule has 1 heterocycles. The van der Waals surface area contributed by atoms with E-state index in [1.54, 1.807) is 6.07 Å². The number of aliphatic hydroxyl groups is 1. The van der Waals surface area contributed by atoms with Gasteiger partial charge >= 0.3 is 12.1 Å². The first kappa shape index (κ1) is 22.9. The van der Waals surface area contributed by atoms with Crippen molar-refractivity contribution < 1.29 is 32.6 Å². The van der Waals surface area contributed by atoms with Crippen molar-refractivity contribution in [2.45, 2.75) is 74.9 Å². The molecule has 2 saturated carbocycles. The average Bonchev–Trinajstić information content (AvgIpc) is 3.60. The van der Waals surface area contributed by atoms with Crippen molar-refractivity contribution in [2.24, 2.45) is 0 Å². The Morgan fingerprint density at radius 3 is 2.18 bits per heavy atom. The van der Waals surface area contributed by atoms with Gasteiger partial charge in [0, 0.05) is 23.2 Å². The quantitative estimate of drug-likeness (QED) is 0.630. The Labute approximate surface area is 195 Å². The van der Waals surface area contributed by atoms with E-state index in [-0.39, 0.29) is 29.5 Å². The molecular weight excluding hydrogens is 447 g/mol. The molecule has 3 aliphatic rings. The second-order valence-electron chi connectivity index (χ2n) is 9.75. The molecule has 0 radical (unpaired) electrons. The van der Waals surface area contributed by atoms with Crippen LogP contribution in [0.1, 0.15) is 77.3 Å². The van der Waals surface area contributed by atoms with Gasteiger partial charge in [-0.05, 0) is 69.2 Å². The van der Waals surface area contributed by atoms with Crippen LogP contribution < -0.4 is 0 Å². The van der Waals surface area contributed by atoms with E-state index < -0.39 is 17.4 Å². The fraction of sp³-hybridized carbons (Fsp3) is 0.462. The monoisotopic (exact) mass is 473 g/mol. The summed E-state index contributed by atoms with van der Waals surface area (Å²) in [4.78, 5) is 27.6. The molecule has 5 rings (SSSR count). The molecule has 180 valence electrons. The van der Waals surface area contributed by atoms with Crippen LogP contribution in [0, 0.1) is 0 Å². The summed E-state index contributed by atoms with van der Waals surface area (Å²) >= 11 is 0. The highest BCUT2D eigenvalue weighted by molar-refractivity contribution is 5.95. The minimum absolute atomic E-state index is 0.0324. The van der Waals surface area contributed by atoms with Gasteiger partial charge in [-0.2, -0.15) is 13.2 Å². The number of alkyl halides is 3. The van der Waals surface area contributed by atoms with Gasteiger partial charge in [0.25, 0.3) is 5.91 Å². The maximum atomic E-state index is 13.4. The zero-order valence-corrected chi connectivity index (χ0v) is 18.8. The Kier molecular flexibility index (Phi) is 5.28. The Balaban J connectivity index is 1.33. The first-order valence-electron chi connectivity index (χ1n) is 11.6. The van der Waals surface area contributed by atoms with Crippen molar-refractivity contribution in [3.8, 4) is 0 Å². The van der Waals surface area contributed by atoms with E-state index in [1.807, 2.05) is 23.1 Å². The Morgan fingerprint density at radius 2 is 1.59 bits per heavy atom. The number of halogens is 3. The first-order chi connectivity index (χ1) is 16.0. The molecule has 5 nitrogen and oxygen atoms in total. The second-order valence-corrected chi connectivity index (χ2v) is 9.75. The van der Waals surface area contributed by atoms with Gasteiger partial charge in [0.2, 0.25) is 0 Å². The van der Waals surface area contributed by atoms with Crippen LogP contribution in [0.5, 0.6) is 0 Å². The molecule has 1 atom stereocenters. The maximum Gasteiger partial charge on any atom is 0.421 e. The van der Waals surface area contributed by atoms with Gasteiger partial charge in [0.15, 0.2) is 5.60 Å². The van der Waals surface area contributed by atoms with Gasteiger partial charge in [-0.1, -0.05) is 30.3 Å². The van der Waals surface area contributed by atoms with E-state index in [9.17, 15) is 27.9 Å². The van der Waals surface area contributed by atoms with Crippen molar-refractivity contribution in [1.29, 1.82) is 0 Å². The molecule has 2 aliphatic carbocycles. The molecule has 2 aromatic carbocycles. The summed E-state index contributed by atoms with van der Waals surface area (Å²) in [6, 6.07) is 12.5. The summed E-state index contributed by atoms with van der Waals surface area (Å²) < 4.78 is 45.3. The van der Waals surface area contributed by atoms with E-state index in [4.69, 9.17) is 4.74 Å². The number of rotatable bonds is 4. The molecule has 1 spiro atoms. The molecule has 0 unspecified atom stereocenters. The number of amides is 1. The highest BCUT2D eigenvalue weighted by Crippen LogP contribution is 2.48. The van der Waals surface area contributed by atoms with Crippen LogP contribution in [0.2, 0.25) is 0 Å². The third-order valence-electron chi connectivity index (χ3n) is 7.50. The van der Waals surface area contributed by atoms with Crippen LogP contribution in [0.3, 0.4) is 0 Å². The van der Waals surface area contributed by atoms with E-state index >= 15 is 0 Å². The smallest absolute Gasteiger partial charge is 0.421 e. The highest BCUT2D eigenvalue weighted by Gasteiger charge is 2.52.